The van der Waals surface area contributed by atoms with Gasteiger partial charge in [0.25, 0.3) is 10.0 Å². The molecule has 0 unspecified atom stereocenters. The predicted octanol–water partition coefficient (Wildman–Crippen LogP) is 5.84. The molecule has 0 heterocycles. The number of amides is 2. The maximum atomic E-state index is 14.2. The van der Waals surface area contributed by atoms with Crippen LogP contribution < -0.4 is 9.62 Å². The van der Waals surface area contributed by atoms with E-state index in [1.807, 2.05) is 84.9 Å². The number of anilines is 1. The Morgan fingerprint density at radius 3 is 1.93 bits per heavy atom. The molecule has 41 heavy (non-hydrogen) atoms. The van der Waals surface area contributed by atoms with Gasteiger partial charge in [-0.2, -0.15) is 0 Å². The van der Waals surface area contributed by atoms with Crippen LogP contribution in [-0.2, 0) is 26.2 Å². The molecular formula is C33H43N3O4S. The molecule has 0 spiro atoms. The lowest BCUT2D eigenvalue weighted by Gasteiger charge is -2.34. The molecule has 0 radical (unpaired) electrons. The number of nitrogens with zero attached hydrogens (tertiary/aromatic N) is 2. The van der Waals surface area contributed by atoms with Crippen molar-refractivity contribution in [2.75, 3.05) is 10.8 Å². The number of carbonyl (C=O) groups excluding carboxylic acids is 2. The molecular weight excluding hydrogens is 534 g/mol. The topological polar surface area (TPSA) is 86.8 Å². The monoisotopic (exact) mass is 577 g/mol. The van der Waals surface area contributed by atoms with Crippen LogP contribution in [0.15, 0.2) is 71.6 Å². The fourth-order valence-corrected chi connectivity index (χ4v) is 6.06. The lowest BCUT2D eigenvalue weighted by molar-refractivity contribution is -0.140. The zero-order valence-electron chi connectivity index (χ0n) is 25.3. The molecule has 0 aromatic heterocycles. The van der Waals surface area contributed by atoms with E-state index < -0.39 is 28.5 Å². The molecule has 3 aromatic rings. The normalized spacial score (nSPS) is 12.9. The molecule has 0 fully saturated rings. The largest absolute Gasteiger partial charge is 0.352 e. The Morgan fingerprint density at radius 2 is 1.37 bits per heavy atom. The first-order chi connectivity index (χ1) is 19.4. The molecule has 3 rings (SSSR count). The van der Waals surface area contributed by atoms with Crippen molar-refractivity contribution in [3.8, 4) is 0 Å². The van der Waals surface area contributed by atoms with Crippen molar-refractivity contribution in [2.24, 2.45) is 0 Å². The fourth-order valence-electron chi connectivity index (χ4n) is 4.59. The van der Waals surface area contributed by atoms with Crippen LogP contribution in [0.3, 0.4) is 0 Å². The molecule has 0 aliphatic rings. The van der Waals surface area contributed by atoms with Crippen molar-refractivity contribution in [2.45, 2.75) is 84.8 Å². The average Bonchev–Trinajstić information content (AvgIpc) is 2.94. The highest BCUT2D eigenvalue weighted by atomic mass is 32.2. The smallest absolute Gasteiger partial charge is 0.264 e. The molecule has 0 aliphatic heterocycles. The molecule has 3 aromatic carbocycles. The molecule has 220 valence electrons. The average molecular weight is 578 g/mol. The van der Waals surface area contributed by atoms with E-state index in [9.17, 15) is 18.0 Å². The van der Waals surface area contributed by atoms with Gasteiger partial charge in [0.15, 0.2) is 0 Å². The fraction of sp³-hybridized carbons (Fsp3) is 0.394. The summed E-state index contributed by atoms with van der Waals surface area (Å²) in [5.41, 5.74) is 4.91. The van der Waals surface area contributed by atoms with Crippen molar-refractivity contribution >= 4 is 27.5 Å². The SMILES string of the molecule is CC[C@@H](C)NC(=O)[C@@H](CC)N(Cc1ccc(C)cc1)C(=O)CN(c1cc(C)ccc1C)S(=O)(=O)c1ccc(C)cc1. The third kappa shape index (κ3) is 7.97. The zero-order valence-corrected chi connectivity index (χ0v) is 26.1. The third-order valence-electron chi connectivity index (χ3n) is 7.38. The summed E-state index contributed by atoms with van der Waals surface area (Å²) in [5, 5.41) is 3.01. The summed E-state index contributed by atoms with van der Waals surface area (Å²) in [6.45, 7) is 13.1. The van der Waals surface area contributed by atoms with Gasteiger partial charge in [0.1, 0.15) is 12.6 Å². The second kappa shape index (κ2) is 13.8. The Bertz CT molecular complexity index is 1450. The van der Waals surface area contributed by atoms with Crippen molar-refractivity contribution < 1.29 is 18.0 Å². The van der Waals surface area contributed by atoms with Crippen LogP contribution in [0.25, 0.3) is 0 Å². The molecule has 0 aliphatic carbocycles. The molecule has 1 N–H and O–H groups in total. The lowest BCUT2D eigenvalue weighted by Crippen LogP contribution is -2.53. The molecule has 0 saturated heterocycles. The quantitative estimate of drug-likeness (QED) is 0.293. The number of hydrogen-bond donors (Lipinski definition) is 1. The number of sulfonamides is 1. The number of rotatable bonds is 12. The summed E-state index contributed by atoms with van der Waals surface area (Å²) >= 11 is 0. The van der Waals surface area contributed by atoms with E-state index in [0.717, 1.165) is 34.2 Å². The Kier molecular flexibility index (Phi) is 10.7. The first kappa shape index (κ1) is 31.9. The minimum atomic E-state index is -4.11. The number of hydrogen-bond acceptors (Lipinski definition) is 4. The van der Waals surface area contributed by atoms with Gasteiger partial charge >= 0.3 is 0 Å². The second-order valence-corrected chi connectivity index (χ2v) is 12.7. The maximum absolute atomic E-state index is 14.2. The van der Waals surface area contributed by atoms with Crippen LogP contribution in [0.2, 0.25) is 0 Å². The number of benzene rings is 3. The van der Waals surface area contributed by atoms with E-state index in [2.05, 4.69) is 5.32 Å². The van der Waals surface area contributed by atoms with Crippen molar-refractivity contribution in [3.63, 3.8) is 0 Å². The van der Waals surface area contributed by atoms with Crippen LogP contribution in [0, 0.1) is 27.7 Å². The van der Waals surface area contributed by atoms with Gasteiger partial charge in [-0.25, -0.2) is 8.42 Å². The van der Waals surface area contributed by atoms with Gasteiger partial charge in [-0.1, -0.05) is 73.5 Å². The summed E-state index contributed by atoms with van der Waals surface area (Å²) in [6.07, 6.45) is 1.14. The van der Waals surface area contributed by atoms with E-state index in [4.69, 9.17) is 0 Å². The van der Waals surface area contributed by atoms with Crippen molar-refractivity contribution in [1.29, 1.82) is 0 Å². The molecule has 2 amide bonds. The predicted molar refractivity (Wildman–Crippen MR) is 165 cm³/mol. The molecule has 0 saturated carbocycles. The van der Waals surface area contributed by atoms with E-state index >= 15 is 0 Å². The summed E-state index contributed by atoms with van der Waals surface area (Å²) in [4.78, 5) is 29.2. The van der Waals surface area contributed by atoms with Crippen LogP contribution >= 0.6 is 0 Å². The maximum Gasteiger partial charge on any atom is 0.264 e. The molecule has 0 bridgehead atoms. The van der Waals surface area contributed by atoms with Gasteiger partial charge < -0.3 is 10.2 Å². The summed E-state index contributed by atoms with van der Waals surface area (Å²) in [7, 11) is -4.11. The van der Waals surface area contributed by atoms with Crippen LogP contribution in [0.5, 0.6) is 0 Å². The second-order valence-electron chi connectivity index (χ2n) is 10.9. The molecule has 2 atom stereocenters. The number of carbonyl (C=O) groups is 2. The molecule has 8 heteroatoms. The highest BCUT2D eigenvalue weighted by Gasteiger charge is 2.34. The third-order valence-corrected chi connectivity index (χ3v) is 9.16. The highest BCUT2D eigenvalue weighted by Crippen LogP contribution is 2.29. The van der Waals surface area contributed by atoms with E-state index in [0.29, 0.717) is 12.1 Å². The summed E-state index contributed by atoms with van der Waals surface area (Å²) < 4.78 is 29.4. The van der Waals surface area contributed by atoms with Crippen LogP contribution in [0.4, 0.5) is 5.69 Å². The van der Waals surface area contributed by atoms with E-state index in [1.165, 1.54) is 9.21 Å². The Balaban J connectivity index is 2.10. The lowest BCUT2D eigenvalue weighted by atomic mass is 10.1. The van der Waals surface area contributed by atoms with Crippen LogP contribution in [0.1, 0.15) is 61.4 Å². The molecule has 7 nitrogen and oxygen atoms in total. The van der Waals surface area contributed by atoms with Gasteiger partial charge in [0.05, 0.1) is 10.6 Å². The van der Waals surface area contributed by atoms with Crippen LogP contribution in [-0.4, -0.2) is 43.8 Å². The van der Waals surface area contributed by atoms with Gasteiger partial charge in [-0.3, -0.25) is 13.9 Å². The standard InChI is InChI=1S/C33H43N3O4S/c1-8-27(7)34-33(38)30(9-2)35(21-28-16-11-23(3)12-17-28)32(37)22-36(31-20-25(5)10-15-26(31)6)41(39,40)29-18-13-24(4)14-19-29/h10-20,27,30H,8-9,21-22H2,1-7H3,(H,34,38)/t27-,30-/m1/s1. The van der Waals surface area contributed by atoms with Crippen molar-refractivity contribution in [1.82, 2.24) is 10.2 Å². The zero-order chi connectivity index (χ0) is 30.3. The highest BCUT2D eigenvalue weighted by molar-refractivity contribution is 7.92. The van der Waals surface area contributed by atoms with E-state index in [-0.39, 0.29) is 23.4 Å². The number of nitrogens with one attached hydrogen (secondary N) is 1. The Labute approximate surface area is 245 Å². The first-order valence-electron chi connectivity index (χ1n) is 14.2. The Morgan fingerprint density at radius 1 is 0.805 bits per heavy atom. The number of aryl methyl sites for hydroxylation is 4. The Hall–Kier alpha value is -3.65. The van der Waals surface area contributed by atoms with Crippen molar-refractivity contribution in [3.05, 3.63) is 94.5 Å². The minimum absolute atomic E-state index is 0.0544. The van der Waals surface area contributed by atoms with Gasteiger partial charge in [-0.05, 0) is 82.3 Å². The minimum Gasteiger partial charge on any atom is -0.352 e. The first-order valence-corrected chi connectivity index (χ1v) is 15.6. The van der Waals surface area contributed by atoms with E-state index in [1.54, 1.807) is 30.3 Å². The van der Waals surface area contributed by atoms with Gasteiger partial charge in [0.2, 0.25) is 11.8 Å². The summed E-state index contributed by atoms with van der Waals surface area (Å²) in [6, 6.07) is 19.1. The van der Waals surface area contributed by atoms with Gasteiger partial charge in [0, 0.05) is 12.6 Å². The van der Waals surface area contributed by atoms with Gasteiger partial charge in [-0.15, -0.1) is 0 Å². The summed E-state index contributed by atoms with van der Waals surface area (Å²) in [5.74, 6) is -0.699.